The smallest absolute Gasteiger partial charge is 0.341 e. The zero-order valence-electron chi connectivity index (χ0n) is 15.9. The van der Waals surface area contributed by atoms with Crippen LogP contribution >= 0.6 is 22.9 Å². The van der Waals surface area contributed by atoms with Gasteiger partial charge in [0, 0.05) is 16.0 Å². The number of carbonyl (C=O) groups excluding carboxylic acids is 2. The van der Waals surface area contributed by atoms with Gasteiger partial charge < -0.3 is 10.1 Å². The predicted molar refractivity (Wildman–Crippen MR) is 115 cm³/mol. The summed E-state index contributed by atoms with van der Waals surface area (Å²) in [7, 11) is 0. The number of benzene rings is 1. The quantitative estimate of drug-likeness (QED) is 0.487. The lowest BCUT2D eigenvalue weighted by molar-refractivity contribution is -0.111. The highest BCUT2D eigenvalue weighted by molar-refractivity contribution is 7.17. The van der Waals surface area contributed by atoms with Crippen LogP contribution in [-0.2, 0) is 22.4 Å². The van der Waals surface area contributed by atoms with Crippen molar-refractivity contribution in [2.75, 3.05) is 11.9 Å². The van der Waals surface area contributed by atoms with Gasteiger partial charge in [0.25, 0.3) is 0 Å². The van der Waals surface area contributed by atoms with E-state index in [0.717, 1.165) is 36.8 Å². The van der Waals surface area contributed by atoms with E-state index in [4.69, 9.17) is 16.3 Å². The van der Waals surface area contributed by atoms with Crippen molar-refractivity contribution >= 4 is 45.9 Å². The fraction of sp³-hybridized carbons (Fsp3) is 0.364. The molecule has 0 aliphatic heterocycles. The van der Waals surface area contributed by atoms with Crippen LogP contribution in [0.4, 0.5) is 5.00 Å². The molecule has 1 N–H and O–H groups in total. The highest BCUT2D eigenvalue weighted by Crippen LogP contribution is 2.37. The van der Waals surface area contributed by atoms with Gasteiger partial charge in [0.05, 0.1) is 12.2 Å². The summed E-state index contributed by atoms with van der Waals surface area (Å²) in [6.45, 7) is 2.11. The number of anilines is 1. The van der Waals surface area contributed by atoms with E-state index in [2.05, 4.69) is 5.32 Å². The Balaban J connectivity index is 1.83. The zero-order chi connectivity index (χ0) is 19.9. The molecule has 0 unspecified atom stereocenters. The van der Waals surface area contributed by atoms with Gasteiger partial charge >= 0.3 is 5.97 Å². The van der Waals surface area contributed by atoms with Gasteiger partial charge in [-0.1, -0.05) is 36.6 Å². The van der Waals surface area contributed by atoms with E-state index >= 15 is 0 Å². The summed E-state index contributed by atoms with van der Waals surface area (Å²) in [5.74, 6) is -0.618. The molecule has 1 aliphatic carbocycles. The molecule has 28 heavy (non-hydrogen) atoms. The third-order valence-electron chi connectivity index (χ3n) is 4.68. The Morgan fingerprint density at radius 2 is 1.86 bits per heavy atom. The Hall–Kier alpha value is -2.11. The average molecular weight is 418 g/mol. The van der Waals surface area contributed by atoms with Gasteiger partial charge in [0.2, 0.25) is 5.91 Å². The minimum Gasteiger partial charge on any atom is -0.462 e. The van der Waals surface area contributed by atoms with Crippen LogP contribution in [-0.4, -0.2) is 18.5 Å². The zero-order valence-corrected chi connectivity index (χ0v) is 17.5. The minimum atomic E-state index is -0.349. The molecule has 1 aromatic carbocycles. The van der Waals surface area contributed by atoms with Gasteiger partial charge in [0.1, 0.15) is 5.00 Å². The normalized spacial score (nSPS) is 14.2. The van der Waals surface area contributed by atoms with Crippen molar-refractivity contribution < 1.29 is 14.3 Å². The van der Waals surface area contributed by atoms with Crippen molar-refractivity contribution in [2.45, 2.75) is 45.4 Å². The maximum atomic E-state index is 12.6. The molecular formula is C22H24ClNO3S. The second kappa shape index (κ2) is 9.89. The van der Waals surface area contributed by atoms with E-state index in [1.165, 1.54) is 35.1 Å². The molecule has 6 heteroatoms. The lowest BCUT2D eigenvalue weighted by Gasteiger charge is -2.11. The summed E-state index contributed by atoms with van der Waals surface area (Å²) in [6, 6.07) is 7.23. The molecule has 0 bridgehead atoms. The lowest BCUT2D eigenvalue weighted by atomic mass is 9.96. The minimum absolute atomic E-state index is 0.269. The van der Waals surface area contributed by atoms with Crippen molar-refractivity contribution in [3.05, 3.63) is 56.9 Å². The van der Waals surface area contributed by atoms with E-state index in [1.54, 1.807) is 25.1 Å². The molecule has 1 amide bonds. The van der Waals surface area contributed by atoms with Crippen molar-refractivity contribution in [3.8, 4) is 0 Å². The van der Waals surface area contributed by atoms with Crippen LogP contribution in [0.5, 0.6) is 0 Å². The van der Waals surface area contributed by atoms with E-state index in [9.17, 15) is 9.59 Å². The summed E-state index contributed by atoms with van der Waals surface area (Å²) in [6.07, 6.45) is 9.54. The van der Waals surface area contributed by atoms with Crippen molar-refractivity contribution in [1.82, 2.24) is 0 Å². The molecule has 3 rings (SSSR count). The Kier molecular flexibility index (Phi) is 7.29. The maximum absolute atomic E-state index is 12.6. The van der Waals surface area contributed by atoms with Crippen LogP contribution in [0, 0.1) is 0 Å². The molecule has 1 heterocycles. The molecule has 0 saturated carbocycles. The monoisotopic (exact) mass is 417 g/mol. The number of aryl methyl sites for hydroxylation is 1. The average Bonchev–Trinajstić information content (AvgIpc) is 2.97. The topological polar surface area (TPSA) is 55.4 Å². The van der Waals surface area contributed by atoms with Crippen LogP contribution in [0.1, 0.15) is 59.0 Å². The number of rotatable bonds is 5. The predicted octanol–water partition coefficient (Wildman–Crippen LogP) is 5.89. The summed E-state index contributed by atoms with van der Waals surface area (Å²) < 4.78 is 5.27. The van der Waals surface area contributed by atoms with Gasteiger partial charge in [-0.15, -0.1) is 11.3 Å². The second-order valence-corrected chi connectivity index (χ2v) is 8.26. The number of carbonyl (C=O) groups is 2. The van der Waals surface area contributed by atoms with Gasteiger partial charge in [-0.2, -0.15) is 0 Å². The van der Waals surface area contributed by atoms with Crippen molar-refractivity contribution in [3.63, 3.8) is 0 Å². The largest absolute Gasteiger partial charge is 0.462 e. The Bertz CT molecular complexity index is 871. The SMILES string of the molecule is CCOC(=O)c1c(NC(=O)/C=C/c2ccc(Cl)cc2)sc2c1CCCCCC2. The molecule has 0 saturated heterocycles. The van der Waals surface area contributed by atoms with E-state index < -0.39 is 0 Å². The van der Waals surface area contributed by atoms with Crippen LogP contribution in [0.2, 0.25) is 5.02 Å². The van der Waals surface area contributed by atoms with E-state index in [1.807, 2.05) is 12.1 Å². The molecule has 4 nitrogen and oxygen atoms in total. The summed E-state index contributed by atoms with van der Waals surface area (Å²) in [5.41, 5.74) is 2.47. The molecule has 2 aromatic rings. The first-order chi connectivity index (χ1) is 13.6. The number of amides is 1. The molecular weight excluding hydrogens is 394 g/mol. The van der Waals surface area contributed by atoms with Gasteiger partial charge in [-0.3, -0.25) is 4.79 Å². The summed E-state index contributed by atoms with van der Waals surface area (Å²) >= 11 is 7.39. The molecule has 0 fully saturated rings. The highest BCUT2D eigenvalue weighted by atomic mass is 35.5. The van der Waals surface area contributed by atoms with Crippen molar-refractivity contribution in [1.29, 1.82) is 0 Å². The highest BCUT2D eigenvalue weighted by Gasteiger charge is 2.25. The molecule has 0 radical (unpaired) electrons. The number of fused-ring (bicyclic) bond motifs is 1. The van der Waals surface area contributed by atoms with Crippen LogP contribution in [0.15, 0.2) is 30.3 Å². The third kappa shape index (κ3) is 5.24. The number of hydrogen-bond donors (Lipinski definition) is 1. The Labute approximate surface area is 174 Å². The molecule has 0 spiro atoms. The number of hydrogen-bond acceptors (Lipinski definition) is 4. The first-order valence-corrected chi connectivity index (χ1v) is 10.8. The van der Waals surface area contributed by atoms with E-state index in [0.29, 0.717) is 22.2 Å². The van der Waals surface area contributed by atoms with Crippen molar-refractivity contribution in [2.24, 2.45) is 0 Å². The molecule has 0 atom stereocenters. The van der Waals surface area contributed by atoms with Gasteiger partial charge in [-0.05, 0) is 61.9 Å². The number of esters is 1. The van der Waals surface area contributed by atoms with Crippen LogP contribution < -0.4 is 5.32 Å². The Morgan fingerprint density at radius 1 is 1.14 bits per heavy atom. The van der Waals surface area contributed by atoms with E-state index in [-0.39, 0.29) is 11.9 Å². The van der Waals surface area contributed by atoms with Gasteiger partial charge in [0.15, 0.2) is 0 Å². The summed E-state index contributed by atoms with van der Waals surface area (Å²) in [5, 5.41) is 4.14. The number of nitrogens with one attached hydrogen (secondary N) is 1. The third-order valence-corrected chi connectivity index (χ3v) is 6.14. The molecule has 1 aliphatic rings. The molecule has 1 aromatic heterocycles. The lowest BCUT2D eigenvalue weighted by Crippen LogP contribution is -2.13. The number of thiophene rings is 1. The number of halogens is 1. The van der Waals surface area contributed by atoms with Crippen LogP contribution in [0.25, 0.3) is 6.08 Å². The molecule has 148 valence electrons. The maximum Gasteiger partial charge on any atom is 0.341 e. The summed E-state index contributed by atoms with van der Waals surface area (Å²) in [4.78, 5) is 26.3. The first kappa shape index (κ1) is 20.6. The number of ether oxygens (including phenoxy) is 1. The Morgan fingerprint density at radius 3 is 2.57 bits per heavy atom. The fourth-order valence-electron chi connectivity index (χ4n) is 3.33. The fourth-order valence-corrected chi connectivity index (χ4v) is 4.73. The first-order valence-electron chi connectivity index (χ1n) is 9.64. The van der Waals surface area contributed by atoms with Gasteiger partial charge in [-0.25, -0.2) is 4.79 Å². The standard InChI is InChI=1S/C22H24ClNO3S/c1-2-27-22(26)20-17-7-5-3-4-6-8-18(17)28-21(20)24-19(25)14-11-15-9-12-16(23)13-10-15/h9-14H,2-8H2,1H3,(H,24,25)/b14-11+. The second-order valence-electron chi connectivity index (χ2n) is 6.72. The van der Waals surface area contributed by atoms with Crippen LogP contribution in [0.3, 0.4) is 0 Å².